The molecule has 1 N–H and O–H groups in total. The van der Waals surface area contributed by atoms with Crippen LogP contribution in [0, 0.1) is 5.41 Å². The molecule has 0 spiro atoms. The Hall–Kier alpha value is -1.88. The highest BCUT2D eigenvalue weighted by Gasteiger charge is 2.34. The predicted octanol–water partition coefficient (Wildman–Crippen LogP) is 1.96. The van der Waals surface area contributed by atoms with Gasteiger partial charge in [0.1, 0.15) is 5.75 Å². The van der Waals surface area contributed by atoms with Gasteiger partial charge in [0.05, 0.1) is 30.9 Å². The molecular formula is C16H20N2O3. The number of rotatable bonds is 4. The molecule has 0 amide bonds. The minimum Gasteiger partial charge on any atom is -0.497 e. The van der Waals surface area contributed by atoms with Gasteiger partial charge in [-0.1, -0.05) is 12.8 Å². The zero-order valence-corrected chi connectivity index (χ0v) is 12.2. The van der Waals surface area contributed by atoms with Gasteiger partial charge >= 0.3 is 0 Å². The molecule has 5 heteroatoms. The quantitative estimate of drug-likeness (QED) is 0.934. The standard InChI is InChI=1S/C16H20N2O3/c1-21-12-4-5-14-13(8-12)15(20)18(11-17-14)9-16(10-19)6-2-3-7-16/h4-5,8,11,19H,2-3,6-7,9-10H2,1H3. The van der Waals surface area contributed by atoms with Gasteiger partial charge in [-0.25, -0.2) is 4.98 Å². The van der Waals surface area contributed by atoms with E-state index in [0.717, 1.165) is 25.7 Å². The summed E-state index contributed by atoms with van der Waals surface area (Å²) in [6.45, 7) is 0.651. The van der Waals surface area contributed by atoms with E-state index in [2.05, 4.69) is 4.98 Å². The molecule has 0 bridgehead atoms. The Balaban J connectivity index is 2.03. The number of ether oxygens (including phenoxy) is 1. The first-order valence-corrected chi connectivity index (χ1v) is 7.31. The molecule has 3 rings (SSSR count). The van der Waals surface area contributed by atoms with Gasteiger partial charge in [0.25, 0.3) is 5.56 Å². The van der Waals surface area contributed by atoms with Gasteiger partial charge < -0.3 is 9.84 Å². The number of hydrogen-bond donors (Lipinski definition) is 1. The summed E-state index contributed by atoms with van der Waals surface area (Å²) in [5, 5.41) is 10.3. The average Bonchev–Trinajstić information content (AvgIpc) is 2.99. The molecule has 1 aliphatic carbocycles. The average molecular weight is 288 g/mol. The van der Waals surface area contributed by atoms with E-state index in [1.165, 1.54) is 0 Å². The van der Waals surface area contributed by atoms with E-state index < -0.39 is 0 Å². The highest BCUT2D eigenvalue weighted by Crippen LogP contribution is 2.38. The minimum atomic E-state index is -0.169. The minimum absolute atomic E-state index is 0.0707. The van der Waals surface area contributed by atoms with Crippen molar-refractivity contribution >= 4 is 10.9 Å². The van der Waals surface area contributed by atoms with Crippen molar-refractivity contribution in [2.24, 2.45) is 5.41 Å². The van der Waals surface area contributed by atoms with E-state index in [0.29, 0.717) is 23.2 Å². The van der Waals surface area contributed by atoms with Crippen LogP contribution >= 0.6 is 0 Å². The molecule has 0 unspecified atom stereocenters. The van der Waals surface area contributed by atoms with Gasteiger partial charge in [0, 0.05) is 12.0 Å². The summed E-state index contributed by atoms with van der Waals surface area (Å²) >= 11 is 0. The highest BCUT2D eigenvalue weighted by atomic mass is 16.5. The van der Waals surface area contributed by atoms with Gasteiger partial charge in [-0.3, -0.25) is 9.36 Å². The van der Waals surface area contributed by atoms with Crippen molar-refractivity contribution in [2.75, 3.05) is 13.7 Å². The third kappa shape index (κ3) is 2.53. The lowest BCUT2D eigenvalue weighted by molar-refractivity contribution is 0.110. The maximum Gasteiger partial charge on any atom is 0.261 e. The van der Waals surface area contributed by atoms with Crippen LogP contribution in [0.2, 0.25) is 0 Å². The first kappa shape index (κ1) is 14.1. The van der Waals surface area contributed by atoms with Crippen LogP contribution in [0.3, 0.4) is 0 Å². The van der Waals surface area contributed by atoms with Gasteiger partial charge in [-0.05, 0) is 31.0 Å². The monoisotopic (exact) mass is 288 g/mol. The van der Waals surface area contributed by atoms with Gasteiger partial charge in [-0.15, -0.1) is 0 Å². The molecule has 1 fully saturated rings. The van der Waals surface area contributed by atoms with Crippen molar-refractivity contribution < 1.29 is 9.84 Å². The first-order valence-electron chi connectivity index (χ1n) is 7.31. The van der Waals surface area contributed by atoms with Crippen LogP contribution in [0.1, 0.15) is 25.7 Å². The maximum atomic E-state index is 12.6. The second-order valence-electron chi connectivity index (χ2n) is 5.93. The summed E-state index contributed by atoms with van der Waals surface area (Å²) in [6.07, 6.45) is 5.75. The zero-order chi connectivity index (χ0) is 14.9. The molecule has 1 saturated carbocycles. The second-order valence-corrected chi connectivity index (χ2v) is 5.93. The molecule has 0 radical (unpaired) electrons. The highest BCUT2D eigenvalue weighted by molar-refractivity contribution is 5.78. The van der Waals surface area contributed by atoms with Gasteiger partial charge in [0.2, 0.25) is 0 Å². The van der Waals surface area contributed by atoms with Gasteiger partial charge in [0.15, 0.2) is 0 Å². The third-order valence-corrected chi connectivity index (χ3v) is 4.54. The van der Waals surface area contributed by atoms with E-state index in [-0.39, 0.29) is 17.6 Å². The molecule has 5 nitrogen and oxygen atoms in total. The molecule has 21 heavy (non-hydrogen) atoms. The predicted molar refractivity (Wildman–Crippen MR) is 80.5 cm³/mol. The summed E-state index contributed by atoms with van der Waals surface area (Å²) in [5.41, 5.74) is 0.429. The van der Waals surface area contributed by atoms with Crippen molar-refractivity contribution in [1.82, 2.24) is 9.55 Å². The van der Waals surface area contributed by atoms with E-state index in [4.69, 9.17) is 4.74 Å². The molecule has 112 valence electrons. The lowest BCUT2D eigenvalue weighted by Crippen LogP contribution is -2.33. The zero-order valence-electron chi connectivity index (χ0n) is 12.2. The number of hydrogen-bond acceptors (Lipinski definition) is 4. The number of aliphatic hydroxyl groups is 1. The Labute approximate surface area is 123 Å². The Morgan fingerprint density at radius 3 is 2.81 bits per heavy atom. The fourth-order valence-electron chi connectivity index (χ4n) is 3.23. The normalized spacial score (nSPS) is 17.2. The van der Waals surface area contributed by atoms with E-state index in [1.807, 2.05) is 0 Å². The Bertz CT molecular complexity index is 702. The van der Waals surface area contributed by atoms with Crippen LogP contribution < -0.4 is 10.3 Å². The van der Waals surface area contributed by atoms with E-state index in [9.17, 15) is 9.90 Å². The largest absolute Gasteiger partial charge is 0.497 e. The number of nitrogens with zero attached hydrogens (tertiary/aromatic N) is 2. The third-order valence-electron chi connectivity index (χ3n) is 4.54. The number of aliphatic hydroxyl groups excluding tert-OH is 1. The van der Waals surface area contributed by atoms with Crippen molar-refractivity contribution in [3.05, 3.63) is 34.9 Å². The van der Waals surface area contributed by atoms with Crippen molar-refractivity contribution in [3.63, 3.8) is 0 Å². The summed E-state index contributed by atoms with van der Waals surface area (Å²) in [6, 6.07) is 5.31. The van der Waals surface area contributed by atoms with E-state index in [1.54, 1.807) is 36.2 Å². The molecule has 0 atom stereocenters. The number of aromatic nitrogens is 2. The SMILES string of the molecule is COc1ccc2ncn(CC3(CO)CCCC3)c(=O)c2c1. The van der Waals surface area contributed by atoms with E-state index >= 15 is 0 Å². The lowest BCUT2D eigenvalue weighted by Gasteiger charge is -2.27. The molecule has 0 aliphatic heterocycles. The van der Waals surface area contributed by atoms with Crippen LogP contribution in [0.5, 0.6) is 5.75 Å². The van der Waals surface area contributed by atoms with Crippen LogP contribution in [-0.4, -0.2) is 28.4 Å². The lowest BCUT2D eigenvalue weighted by atomic mass is 9.87. The molecule has 1 heterocycles. The molecule has 2 aromatic rings. The van der Waals surface area contributed by atoms with Crippen LogP contribution in [0.25, 0.3) is 10.9 Å². The topological polar surface area (TPSA) is 64.3 Å². The van der Waals surface area contributed by atoms with Crippen molar-refractivity contribution in [1.29, 1.82) is 0 Å². The molecule has 1 aromatic carbocycles. The molecule has 0 saturated heterocycles. The van der Waals surface area contributed by atoms with Gasteiger partial charge in [-0.2, -0.15) is 0 Å². The number of fused-ring (bicyclic) bond motifs is 1. The first-order chi connectivity index (χ1) is 10.2. The Morgan fingerprint density at radius 1 is 1.38 bits per heavy atom. The Morgan fingerprint density at radius 2 is 2.14 bits per heavy atom. The summed E-state index contributed by atoms with van der Waals surface area (Å²) in [4.78, 5) is 17.0. The summed E-state index contributed by atoms with van der Waals surface area (Å²) in [7, 11) is 1.58. The maximum absolute atomic E-state index is 12.6. The van der Waals surface area contributed by atoms with Crippen molar-refractivity contribution in [2.45, 2.75) is 32.2 Å². The Kier molecular flexibility index (Phi) is 3.68. The summed E-state index contributed by atoms with van der Waals surface area (Å²) in [5.74, 6) is 0.650. The second kappa shape index (κ2) is 5.48. The van der Waals surface area contributed by atoms with Crippen LogP contribution in [-0.2, 0) is 6.54 Å². The smallest absolute Gasteiger partial charge is 0.261 e. The molecule has 1 aliphatic rings. The fourth-order valence-corrected chi connectivity index (χ4v) is 3.23. The summed E-state index contributed by atoms with van der Waals surface area (Å²) < 4.78 is 6.80. The van der Waals surface area contributed by atoms with Crippen LogP contribution in [0.4, 0.5) is 0 Å². The van der Waals surface area contributed by atoms with Crippen LogP contribution in [0.15, 0.2) is 29.3 Å². The number of methoxy groups -OCH3 is 1. The fraction of sp³-hybridized carbons (Fsp3) is 0.500. The molecule has 1 aromatic heterocycles. The number of benzene rings is 1. The van der Waals surface area contributed by atoms with Crippen molar-refractivity contribution in [3.8, 4) is 5.75 Å². The molecular weight excluding hydrogens is 268 g/mol.